The molecule has 2 aliphatic heterocycles. The first-order valence-electron chi connectivity index (χ1n) is 15.8. The van der Waals surface area contributed by atoms with E-state index in [9.17, 15) is 19.1 Å². The number of carboxylic acid groups (broad SMARTS) is 1. The number of nitrogens with one attached hydrogen (secondary N) is 1. The summed E-state index contributed by atoms with van der Waals surface area (Å²) in [5.74, 6) is 0.112. The lowest BCUT2D eigenvalue weighted by Gasteiger charge is -2.47. The van der Waals surface area contributed by atoms with E-state index in [0.29, 0.717) is 44.0 Å². The Morgan fingerprint density at radius 1 is 1.02 bits per heavy atom. The maximum Gasteiger partial charge on any atom is 0.408 e. The van der Waals surface area contributed by atoms with Crippen LogP contribution in [0.15, 0.2) is 76.8 Å². The molecular formula is C36H39BrFN3O4. The number of benzene rings is 3. The van der Waals surface area contributed by atoms with Crippen molar-refractivity contribution >= 4 is 33.5 Å². The molecule has 1 saturated carbocycles. The van der Waals surface area contributed by atoms with Gasteiger partial charge in [-0.3, -0.25) is 9.69 Å². The summed E-state index contributed by atoms with van der Waals surface area (Å²) in [6, 6.07) is 20.5. The first kappa shape index (κ1) is 31.3. The van der Waals surface area contributed by atoms with Crippen LogP contribution in [0.5, 0.6) is 5.75 Å². The third-order valence-electron chi connectivity index (χ3n) is 9.07. The lowest BCUT2D eigenvalue weighted by atomic mass is 9.81. The zero-order valence-corrected chi connectivity index (χ0v) is 27.1. The zero-order chi connectivity index (χ0) is 31.5. The van der Waals surface area contributed by atoms with Crippen LogP contribution in [0.1, 0.15) is 47.9 Å². The van der Waals surface area contributed by atoms with Crippen molar-refractivity contribution in [2.45, 2.75) is 63.6 Å². The topological polar surface area (TPSA) is 82.1 Å². The Labute approximate surface area is 272 Å². The Hall–Kier alpha value is -3.69. The quantitative estimate of drug-likeness (QED) is 0.223. The summed E-state index contributed by atoms with van der Waals surface area (Å²) < 4.78 is 20.1. The number of carbonyl (C=O) groups is 2. The second-order valence-electron chi connectivity index (χ2n) is 12.3. The van der Waals surface area contributed by atoms with Crippen LogP contribution in [0.3, 0.4) is 0 Å². The SMILES string of the molecule is Cc1ccc(CCN(C(=O)C2=C(c3ccc(CCCOc4cc(F)ccc4Br)cc3)CC3CNCC2N3C(=O)O)C2CC2)cc1. The first-order chi connectivity index (χ1) is 21.8. The number of piperazine rings is 1. The van der Waals surface area contributed by atoms with Crippen molar-refractivity contribution in [2.24, 2.45) is 0 Å². The molecule has 0 radical (unpaired) electrons. The van der Waals surface area contributed by atoms with Crippen LogP contribution in [0.4, 0.5) is 9.18 Å². The Kier molecular flexibility index (Phi) is 9.56. The van der Waals surface area contributed by atoms with Gasteiger partial charge in [-0.25, -0.2) is 9.18 Å². The molecule has 7 nitrogen and oxygen atoms in total. The van der Waals surface area contributed by atoms with Gasteiger partial charge in [0.25, 0.3) is 5.91 Å². The number of fused-ring (bicyclic) bond motifs is 2. The Morgan fingerprint density at radius 3 is 2.44 bits per heavy atom. The molecule has 2 unspecified atom stereocenters. The van der Waals surface area contributed by atoms with Crippen LogP contribution in [0.25, 0.3) is 5.57 Å². The number of aryl methyl sites for hydroxylation is 2. The smallest absolute Gasteiger partial charge is 0.408 e. The fraction of sp³-hybridized carbons (Fsp3) is 0.389. The average Bonchev–Trinajstić information content (AvgIpc) is 3.87. The van der Waals surface area contributed by atoms with Gasteiger partial charge < -0.3 is 20.1 Å². The number of hydrogen-bond acceptors (Lipinski definition) is 4. The molecule has 2 atom stereocenters. The summed E-state index contributed by atoms with van der Waals surface area (Å²) in [6.45, 7) is 4.11. The van der Waals surface area contributed by atoms with Gasteiger partial charge >= 0.3 is 6.09 Å². The van der Waals surface area contributed by atoms with E-state index < -0.39 is 12.1 Å². The summed E-state index contributed by atoms with van der Waals surface area (Å²) in [5.41, 5.74) is 6.07. The molecule has 2 fully saturated rings. The van der Waals surface area contributed by atoms with Crippen LogP contribution < -0.4 is 10.1 Å². The Balaban J connectivity index is 1.22. The number of amides is 2. The molecule has 2 heterocycles. The van der Waals surface area contributed by atoms with Crippen molar-refractivity contribution in [3.63, 3.8) is 0 Å². The summed E-state index contributed by atoms with van der Waals surface area (Å²) in [5, 5.41) is 13.6. The molecule has 2 N–H and O–H groups in total. The van der Waals surface area contributed by atoms with Gasteiger partial charge in [0.2, 0.25) is 0 Å². The number of ether oxygens (including phenoxy) is 1. The van der Waals surface area contributed by atoms with Crippen molar-refractivity contribution in [3.8, 4) is 5.75 Å². The second kappa shape index (κ2) is 13.7. The number of rotatable bonds is 11. The van der Waals surface area contributed by atoms with Gasteiger partial charge in [0.15, 0.2) is 0 Å². The molecule has 0 aromatic heterocycles. The number of nitrogens with zero attached hydrogens (tertiary/aromatic N) is 2. The normalized spacial score (nSPS) is 19.4. The van der Waals surface area contributed by atoms with Gasteiger partial charge in [-0.05, 0) is 95.8 Å². The summed E-state index contributed by atoms with van der Waals surface area (Å²) >= 11 is 3.40. The van der Waals surface area contributed by atoms with Gasteiger partial charge in [-0.15, -0.1) is 0 Å². The Morgan fingerprint density at radius 2 is 1.73 bits per heavy atom. The fourth-order valence-corrected chi connectivity index (χ4v) is 6.91. The molecule has 6 rings (SSSR count). The van der Waals surface area contributed by atoms with Crippen molar-refractivity contribution in [3.05, 3.63) is 105 Å². The van der Waals surface area contributed by atoms with E-state index in [4.69, 9.17) is 4.74 Å². The minimum atomic E-state index is -0.976. The van der Waals surface area contributed by atoms with E-state index >= 15 is 0 Å². The number of halogens is 2. The molecule has 1 aliphatic carbocycles. The van der Waals surface area contributed by atoms with Crippen molar-refractivity contribution in [2.75, 3.05) is 26.2 Å². The molecule has 9 heteroatoms. The molecule has 0 spiro atoms. The highest BCUT2D eigenvalue weighted by Crippen LogP contribution is 2.39. The van der Waals surface area contributed by atoms with E-state index in [1.165, 1.54) is 28.2 Å². The van der Waals surface area contributed by atoms with Gasteiger partial charge in [-0.1, -0.05) is 54.1 Å². The fourth-order valence-electron chi connectivity index (χ4n) is 6.54. The van der Waals surface area contributed by atoms with Crippen LogP contribution >= 0.6 is 15.9 Å². The van der Waals surface area contributed by atoms with E-state index in [-0.39, 0.29) is 23.8 Å². The average molecular weight is 677 g/mol. The largest absolute Gasteiger partial charge is 0.492 e. The minimum Gasteiger partial charge on any atom is -0.492 e. The van der Waals surface area contributed by atoms with Crippen LogP contribution in [-0.2, 0) is 17.6 Å². The van der Waals surface area contributed by atoms with E-state index in [0.717, 1.165) is 53.3 Å². The molecule has 1 saturated heterocycles. The van der Waals surface area contributed by atoms with E-state index in [2.05, 4.69) is 76.7 Å². The summed E-state index contributed by atoms with van der Waals surface area (Å²) in [6.07, 6.45) is 3.77. The van der Waals surface area contributed by atoms with Crippen molar-refractivity contribution in [1.29, 1.82) is 0 Å². The van der Waals surface area contributed by atoms with Crippen LogP contribution in [0, 0.1) is 12.7 Å². The van der Waals surface area contributed by atoms with E-state index in [1.807, 2.05) is 4.90 Å². The van der Waals surface area contributed by atoms with Crippen molar-refractivity contribution < 1.29 is 23.8 Å². The predicted octanol–water partition coefficient (Wildman–Crippen LogP) is 6.62. The maximum atomic E-state index is 14.5. The van der Waals surface area contributed by atoms with Gasteiger partial charge in [-0.2, -0.15) is 0 Å². The monoisotopic (exact) mass is 675 g/mol. The summed E-state index contributed by atoms with van der Waals surface area (Å²) in [4.78, 5) is 30.4. The zero-order valence-electron chi connectivity index (χ0n) is 25.5. The molecular weight excluding hydrogens is 637 g/mol. The highest BCUT2D eigenvalue weighted by Gasteiger charge is 2.46. The highest BCUT2D eigenvalue weighted by atomic mass is 79.9. The van der Waals surface area contributed by atoms with Crippen molar-refractivity contribution in [1.82, 2.24) is 15.1 Å². The van der Waals surface area contributed by atoms with Crippen LogP contribution in [0.2, 0.25) is 0 Å². The molecule has 45 heavy (non-hydrogen) atoms. The third-order valence-corrected chi connectivity index (χ3v) is 9.72. The summed E-state index contributed by atoms with van der Waals surface area (Å²) in [7, 11) is 0. The molecule has 236 valence electrons. The van der Waals surface area contributed by atoms with Crippen LogP contribution in [-0.4, -0.2) is 71.3 Å². The van der Waals surface area contributed by atoms with E-state index in [1.54, 1.807) is 6.07 Å². The molecule has 2 bridgehead atoms. The standard InChI is InChI=1S/C36H39BrFN3O4/c1-23-4-6-25(7-5-23)16-17-40(28-13-14-28)35(42)34-30(20-29-21-39-22-32(34)41(29)36(43)44)26-10-8-24(9-11-26)3-2-18-45-33-19-27(38)12-15-31(33)37/h4-12,15,19,28-29,32,39H,2-3,13-14,16-18,20-22H2,1H3,(H,43,44). The number of hydrogen-bond donors (Lipinski definition) is 2. The molecule has 3 aromatic rings. The van der Waals surface area contributed by atoms with Gasteiger partial charge in [0.05, 0.1) is 23.2 Å². The first-order valence-corrected chi connectivity index (χ1v) is 16.6. The predicted molar refractivity (Wildman–Crippen MR) is 176 cm³/mol. The van der Waals surface area contributed by atoms with Gasteiger partial charge in [0, 0.05) is 37.3 Å². The highest BCUT2D eigenvalue weighted by molar-refractivity contribution is 9.10. The molecule has 3 aromatic carbocycles. The number of carbonyl (C=O) groups excluding carboxylic acids is 1. The van der Waals surface area contributed by atoms with Gasteiger partial charge in [0.1, 0.15) is 11.6 Å². The third kappa shape index (κ3) is 7.25. The lowest BCUT2D eigenvalue weighted by Crippen LogP contribution is -2.63. The minimum absolute atomic E-state index is 0.0391. The second-order valence-corrected chi connectivity index (χ2v) is 13.2. The maximum absolute atomic E-state index is 14.5. The lowest BCUT2D eigenvalue weighted by molar-refractivity contribution is -0.128. The Bertz CT molecular complexity index is 1570. The molecule has 2 amide bonds. The molecule has 3 aliphatic rings.